The molecule has 8 nitrogen and oxygen atoms in total. The summed E-state index contributed by atoms with van der Waals surface area (Å²) in [6, 6.07) is 14.9. The quantitative estimate of drug-likeness (QED) is 0.402. The molecule has 0 saturated heterocycles. The van der Waals surface area contributed by atoms with Crippen molar-refractivity contribution < 1.29 is 4.92 Å². The lowest BCUT2D eigenvalue weighted by atomic mass is 10.00. The number of hydrogen-bond acceptors (Lipinski definition) is 6. The maximum atomic E-state index is 11.8. The number of aromatic nitrogens is 3. The van der Waals surface area contributed by atoms with Crippen molar-refractivity contribution in [3.63, 3.8) is 0 Å². The van der Waals surface area contributed by atoms with Gasteiger partial charge in [-0.2, -0.15) is 4.98 Å². The van der Waals surface area contributed by atoms with E-state index in [4.69, 9.17) is 17.3 Å². The zero-order valence-electron chi connectivity index (χ0n) is 14.2. The van der Waals surface area contributed by atoms with Crippen LogP contribution in [0.2, 0.25) is 5.02 Å². The molecule has 3 N–H and O–H groups in total. The van der Waals surface area contributed by atoms with E-state index in [2.05, 4.69) is 15.0 Å². The molecule has 9 heteroatoms. The molecule has 0 bridgehead atoms. The predicted octanol–water partition coefficient (Wildman–Crippen LogP) is 3.80. The van der Waals surface area contributed by atoms with Crippen LogP contribution in [-0.4, -0.2) is 19.9 Å². The largest absolute Gasteiger partial charge is 0.385 e. The molecule has 0 aliphatic rings. The highest BCUT2D eigenvalue weighted by Gasteiger charge is 2.15. The number of fused-ring (bicyclic) bond motifs is 1. The number of anilines is 1. The van der Waals surface area contributed by atoms with E-state index in [1.807, 2.05) is 12.1 Å². The first-order chi connectivity index (χ1) is 13.4. The first-order valence-electron chi connectivity index (χ1n) is 8.14. The summed E-state index contributed by atoms with van der Waals surface area (Å²) < 4.78 is 0. The van der Waals surface area contributed by atoms with Crippen LogP contribution in [-0.2, 0) is 0 Å². The van der Waals surface area contributed by atoms with Gasteiger partial charge in [-0.25, -0.2) is 9.78 Å². The number of nitrogens with one attached hydrogen (secondary N) is 1. The maximum absolute atomic E-state index is 11.8. The van der Waals surface area contributed by atoms with Crippen LogP contribution in [0.5, 0.6) is 0 Å². The number of nitro benzene ring substituents is 1. The van der Waals surface area contributed by atoms with Crippen molar-refractivity contribution in [3.05, 3.63) is 80.2 Å². The van der Waals surface area contributed by atoms with E-state index in [1.54, 1.807) is 30.3 Å². The predicted molar refractivity (Wildman–Crippen MR) is 107 cm³/mol. The van der Waals surface area contributed by atoms with Gasteiger partial charge in [0.15, 0.2) is 5.65 Å². The van der Waals surface area contributed by atoms with Gasteiger partial charge in [-0.15, -0.1) is 0 Å². The van der Waals surface area contributed by atoms with E-state index >= 15 is 0 Å². The van der Waals surface area contributed by atoms with Gasteiger partial charge in [0.1, 0.15) is 5.82 Å². The molecule has 0 aliphatic heterocycles. The van der Waals surface area contributed by atoms with Crippen LogP contribution in [0.3, 0.4) is 0 Å². The number of aromatic amines is 1. The highest BCUT2D eigenvalue weighted by molar-refractivity contribution is 6.30. The van der Waals surface area contributed by atoms with E-state index < -0.39 is 10.6 Å². The number of nitrogen functional groups attached to an aromatic ring is 1. The highest BCUT2D eigenvalue weighted by atomic mass is 35.5. The lowest BCUT2D eigenvalue weighted by Gasteiger charge is -2.11. The third kappa shape index (κ3) is 3.17. The van der Waals surface area contributed by atoms with Crippen molar-refractivity contribution in [1.82, 2.24) is 15.0 Å². The van der Waals surface area contributed by atoms with Gasteiger partial charge in [-0.3, -0.25) is 15.1 Å². The molecule has 2 aromatic carbocycles. The van der Waals surface area contributed by atoms with Gasteiger partial charge in [-0.05, 0) is 41.5 Å². The molecular weight excluding hydrogens is 382 g/mol. The number of nitrogens with two attached hydrogens (primary N) is 1. The second-order valence-electron chi connectivity index (χ2n) is 6.02. The third-order valence-corrected chi connectivity index (χ3v) is 4.50. The molecule has 0 radical (unpaired) electrons. The molecule has 0 saturated carbocycles. The minimum atomic E-state index is -0.611. The Bertz CT molecular complexity index is 1270. The molecule has 138 valence electrons. The van der Waals surface area contributed by atoms with Crippen molar-refractivity contribution in [3.8, 4) is 22.4 Å². The fourth-order valence-corrected chi connectivity index (χ4v) is 3.06. The number of rotatable bonds is 3. The summed E-state index contributed by atoms with van der Waals surface area (Å²) >= 11 is 5.99. The number of nitro groups is 1. The zero-order valence-corrected chi connectivity index (χ0v) is 15.0. The molecule has 0 spiro atoms. The Morgan fingerprint density at radius 1 is 1.00 bits per heavy atom. The Balaban J connectivity index is 1.99. The van der Waals surface area contributed by atoms with Crippen LogP contribution < -0.4 is 11.4 Å². The zero-order chi connectivity index (χ0) is 19.8. The molecule has 0 unspecified atom stereocenters. The highest BCUT2D eigenvalue weighted by Crippen LogP contribution is 2.34. The molecule has 4 aromatic rings. The van der Waals surface area contributed by atoms with Gasteiger partial charge in [-0.1, -0.05) is 23.7 Å². The summed E-state index contributed by atoms with van der Waals surface area (Å²) in [6.07, 6.45) is 0. The second kappa shape index (κ2) is 6.75. The average Bonchev–Trinajstić information content (AvgIpc) is 2.67. The lowest BCUT2D eigenvalue weighted by Crippen LogP contribution is -2.14. The van der Waals surface area contributed by atoms with Gasteiger partial charge in [0, 0.05) is 22.7 Å². The summed E-state index contributed by atoms with van der Waals surface area (Å²) in [5.74, 6) is 0.155. The number of H-pyrrole nitrogens is 1. The van der Waals surface area contributed by atoms with Crippen molar-refractivity contribution in [2.24, 2.45) is 0 Å². The minimum absolute atomic E-state index is 0.0266. The smallest absolute Gasteiger partial charge is 0.348 e. The van der Waals surface area contributed by atoms with E-state index in [1.165, 1.54) is 12.1 Å². The molecule has 0 aliphatic carbocycles. The first kappa shape index (κ1) is 17.6. The fraction of sp³-hybridized carbons (Fsp3) is 0. The van der Waals surface area contributed by atoms with E-state index in [0.29, 0.717) is 27.2 Å². The standard InChI is InChI=1S/C19H12ClN5O3/c20-12-5-1-10(2-6-12)14-9-15(11-3-7-13(8-4-11)25(27)28)22-18-16(14)17(21)23-19(26)24-18/h1-9H,(H3,21,22,23,24,26). The van der Waals surface area contributed by atoms with Crippen LogP contribution >= 0.6 is 11.6 Å². The summed E-state index contributed by atoms with van der Waals surface area (Å²) in [6.45, 7) is 0. The monoisotopic (exact) mass is 393 g/mol. The summed E-state index contributed by atoms with van der Waals surface area (Å²) in [4.78, 5) is 33.1. The second-order valence-corrected chi connectivity index (χ2v) is 6.46. The fourth-order valence-electron chi connectivity index (χ4n) is 2.94. The first-order valence-corrected chi connectivity index (χ1v) is 8.51. The van der Waals surface area contributed by atoms with Crippen molar-refractivity contribution in [1.29, 1.82) is 0 Å². The number of benzene rings is 2. The van der Waals surface area contributed by atoms with E-state index in [0.717, 1.165) is 5.56 Å². The summed E-state index contributed by atoms with van der Waals surface area (Å²) in [5, 5.41) is 12.0. The molecule has 0 fully saturated rings. The Morgan fingerprint density at radius 3 is 2.29 bits per heavy atom. The van der Waals surface area contributed by atoms with Crippen molar-refractivity contribution >= 4 is 34.1 Å². The van der Waals surface area contributed by atoms with Crippen molar-refractivity contribution in [2.45, 2.75) is 0 Å². The normalized spacial score (nSPS) is 10.9. The SMILES string of the molecule is Nc1[nH]c(=O)nc2nc(-c3ccc([N+](=O)[O-])cc3)cc(-c3ccc(Cl)cc3)c12. The van der Waals surface area contributed by atoms with Gasteiger partial charge >= 0.3 is 5.69 Å². The van der Waals surface area contributed by atoms with Crippen LogP contribution in [0, 0.1) is 10.1 Å². The van der Waals surface area contributed by atoms with Crippen LogP contribution in [0.15, 0.2) is 59.4 Å². The van der Waals surface area contributed by atoms with Gasteiger partial charge in [0.2, 0.25) is 0 Å². The van der Waals surface area contributed by atoms with Crippen LogP contribution in [0.25, 0.3) is 33.4 Å². The van der Waals surface area contributed by atoms with Crippen LogP contribution in [0.4, 0.5) is 11.5 Å². The summed E-state index contributed by atoms with van der Waals surface area (Å²) in [7, 11) is 0. The Morgan fingerprint density at radius 2 is 1.64 bits per heavy atom. The number of nitrogens with zero attached hydrogens (tertiary/aromatic N) is 3. The minimum Gasteiger partial charge on any atom is -0.385 e. The summed E-state index contributed by atoms with van der Waals surface area (Å²) in [5.41, 5.74) is 8.23. The van der Waals surface area contributed by atoms with Crippen LogP contribution in [0.1, 0.15) is 0 Å². The average molecular weight is 394 g/mol. The number of hydrogen-bond donors (Lipinski definition) is 2. The Hall–Kier alpha value is -3.78. The molecular formula is C19H12ClN5O3. The lowest BCUT2D eigenvalue weighted by molar-refractivity contribution is -0.384. The topological polar surface area (TPSA) is 128 Å². The van der Waals surface area contributed by atoms with Gasteiger partial charge in [0.25, 0.3) is 5.69 Å². The molecule has 28 heavy (non-hydrogen) atoms. The Labute approximate surface area is 162 Å². The van der Waals surface area contributed by atoms with E-state index in [-0.39, 0.29) is 17.2 Å². The van der Waals surface area contributed by atoms with Gasteiger partial charge < -0.3 is 5.73 Å². The molecule has 0 atom stereocenters. The molecule has 2 heterocycles. The number of halogens is 1. The van der Waals surface area contributed by atoms with Gasteiger partial charge in [0.05, 0.1) is 16.0 Å². The third-order valence-electron chi connectivity index (χ3n) is 4.25. The molecule has 2 aromatic heterocycles. The molecule has 0 amide bonds. The maximum Gasteiger partial charge on any atom is 0.348 e. The number of non-ortho nitro benzene ring substituents is 1. The van der Waals surface area contributed by atoms with E-state index in [9.17, 15) is 14.9 Å². The Kier molecular flexibility index (Phi) is 4.25. The molecule has 4 rings (SSSR count). The number of pyridine rings is 1. The van der Waals surface area contributed by atoms with Crippen molar-refractivity contribution in [2.75, 3.05) is 5.73 Å².